The highest BCUT2D eigenvalue weighted by Gasteiger charge is 2.23. The van der Waals surface area contributed by atoms with Gasteiger partial charge in [-0.1, -0.05) is 6.07 Å². The third-order valence-corrected chi connectivity index (χ3v) is 9.73. The van der Waals surface area contributed by atoms with E-state index in [1.54, 1.807) is 22.5 Å². The molecule has 0 aliphatic heterocycles. The van der Waals surface area contributed by atoms with E-state index in [2.05, 4.69) is 14.2 Å². The molecule has 0 spiro atoms. The van der Waals surface area contributed by atoms with Crippen LogP contribution in [0.2, 0.25) is 0 Å². The molecule has 0 amide bonds. The molecule has 0 unspecified atom stereocenters. The molecule has 2 N–H and O–H groups in total. The Labute approximate surface area is 202 Å². The van der Waals surface area contributed by atoms with Crippen molar-refractivity contribution in [1.29, 1.82) is 0 Å². The molecule has 34 heavy (non-hydrogen) atoms. The van der Waals surface area contributed by atoms with Gasteiger partial charge in [-0.3, -0.25) is 18.2 Å². The molecule has 178 valence electrons. The predicted molar refractivity (Wildman–Crippen MR) is 131 cm³/mol. The number of aryl methyl sites for hydroxylation is 1. The number of hydrogen-bond acceptors (Lipinski definition) is 9. The molecule has 0 atom stereocenters. The van der Waals surface area contributed by atoms with Crippen molar-refractivity contribution in [3.63, 3.8) is 0 Å². The highest BCUT2D eigenvalue weighted by atomic mass is 32.2. The van der Waals surface area contributed by atoms with Crippen molar-refractivity contribution in [2.24, 2.45) is 7.05 Å². The van der Waals surface area contributed by atoms with E-state index in [0.717, 1.165) is 22.9 Å². The second-order valence-electron chi connectivity index (χ2n) is 6.95. The number of nitrogens with one attached hydrogen (secondary N) is 2. The summed E-state index contributed by atoms with van der Waals surface area (Å²) in [4.78, 5) is 23.9. The molecule has 0 bridgehead atoms. The van der Waals surface area contributed by atoms with E-state index < -0.39 is 26.0 Å². The Morgan fingerprint density at radius 2 is 1.71 bits per heavy atom. The van der Waals surface area contributed by atoms with Gasteiger partial charge < -0.3 is 4.74 Å². The second kappa shape index (κ2) is 8.87. The predicted octanol–water partition coefficient (Wildman–Crippen LogP) is 3.05. The van der Waals surface area contributed by atoms with Crippen LogP contribution in [0, 0.1) is 0 Å². The SMILES string of the molecule is COC(=O)c1ccc(NS(=O)(=O)c2ccc3c(c2)c(=O)sn3C)c(NS(=O)(=O)c2cccs2)c1. The summed E-state index contributed by atoms with van der Waals surface area (Å²) < 4.78 is 62.4. The fourth-order valence-electron chi connectivity index (χ4n) is 3.12. The number of aromatic nitrogens is 1. The lowest BCUT2D eigenvalue weighted by atomic mass is 10.2. The van der Waals surface area contributed by atoms with Crippen LogP contribution in [-0.2, 0) is 31.8 Å². The number of rotatable bonds is 7. The lowest BCUT2D eigenvalue weighted by molar-refractivity contribution is 0.0601. The number of esters is 1. The van der Waals surface area contributed by atoms with Crippen LogP contribution in [0.5, 0.6) is 0 Å². The van der Waals surface area contributed by atoms with Gasteiger partial charge in [0.2, 0.25) is 0 Å². The van der Waals surface area contributed by atoms with Crippen LogP contribution < -0.4 is 14.2 Å². The number of benzene rings is 2. The maximum absolute atomic E-state index is 13.1. The van der Waals surface area contributed by atoms with Crippen LogP contribution in [-0.4, -0.2) is 33.9 Å². The molecule has 10 nitrogen and oxygen atoms in total. The first-order chi connectivity index (χ1) is 16.0. The summed E-state index contributed by atoms with van der Waals surface area (Å²) in [5.74, 6) is -0.732. The molecule has 4 rings (SSSR count). The zero-order valence-electron chi connectivity index (χ0n) is 17.6. The minimum absolute atomic E-state index is 0.00327. The number of fused-ring (bicyclic) bond motifs is 1. The highest BCUT2D eigenvalue weighted by Crippen LogP contribution is 2.30. The number of sulfonamides is 2. The largest absolute Gasteiger partial charge is 0.465 e. The number of carbonyl (C=O) groups excluding carboxylic acids is 1. The molecule has 0 aliphatic carbocycles. The average molecular weight is 540 g/mol. The van der Waals surface area contributed by atoms with Crippen molar-refractivity contribution in [1.82, 2.24) is 3.96 Å². The normalized spacial score (nSPS) is 11.9. The summed E-state index contributed by atoms with van der Waals surface area (Å²) in [7, 11) is -5.42. The van der Waals surface area contributed by atoms with Crippen molar-refractivity contribution < 1.29 is 26.4 Å². The highest BCUT2D eigenvalue weighted by molar-refractivity contribution is 7.94. The van der Waals surface area contributed by atoms with Gasteiger partial charge in [-0.15, -0.1) is 11.3 Å². The van der Waals surface area contributed by atoms with Crippen LogP contribution in [0.25, 0.3) is 10.9 Å². The van der Waals surface area contributed by atoms with E-state index in [0.29, 0.717) is 5.52 Å². The molecule has 4 aromatic rings. The van der Waals surface area contributed by atoms with Gasteiger partial charge in [-0.05, 0) is 59.4 Å². The van der Waals surface area contributed by atoms with E-state index >= 15 is 0 Å². The fourth-order valence-corrected chi connectivity index (χ4v) is 7.06. The van der Waals surface area contributed by atoms with Crippen LogP contribution in [0.1, 0.15) is 10.4 Å². The van der Waals surface area contributed by atoms with Crippen molar-refractivity contribution in [2.45, 2.75) is 9.10 Å². The molecule has 2 aromatic carbocycles. The van der Waals surface area contributed by atoms with Crippen molar-refractivity contribution in [3.8, 4) is 0 Å². The number of thiophene rings is 1. The summed E-state index contributed by atoms with van der Waals surface area (Å²) in [5, 5.41) is 1.82. The van der Waals surface area contributed by atoms with Gasteiger partial charge in [0.15, 0.2) is 0 Å². The third kappa shape index (κ3) is 4.57. The maximum Gasteiger partial charge on any atom is 0.337 e. The Hall–Kier alpha value is -3.20. The third-order valence-electron chi connectivity index (χ3n) is 4.75. The second-order valence-corrected chi connectivity index (χ2v) is 12.6. The van der Waals surface area contributed by atoms with Gasteiger partial charge in [0.25, 0.3) is 24.8 Å². The van der Waals surface area contributed by atoms with Crippen molar-refractivity contribution in [3.05, 3.63) is 69.0 Å². The number of anilines is 2. The first-order valence-electron chi connectivity index (χ1n) is 9.43. The molecular formula is C20H17N3O7S4. The molecular weight excluding hydrogens is 523 g/mol. The maximum atomic E-state index is 13.1. The molecule has 14 heteroatoms. The number of nitrogens with zero attached hydrogens (tertiary/aromatic N) is 1. The molecule has 0 saturated heterocycles. The fraction of sp³-hybridized carbons (Fsp3) is 0.100. The molecule has 0 fully saturated rings. The first kappa shape index (κ1) is 23.9. The average Bonchev–Trinajstić information content (AvgIpc) is 3.43. The zero-order chi connectivity index (χ0) is 24.7. The first-order valence-corrected chi connectivity index (χ1v) is 14.1. The molecule has 2 aromatic heterocycles. The Bertz CT molecular complexity index is 1670. The van der Waals surface area contributed by atoms with Crippen LogP contribution >= 0.6 is 22.9 Å². The van der Waals surface area contributed by atoms with Gasteiger partial charge in [-0.2, -0.15) is 0 Å². The minimum atomic E-state index is -4.22. The Morgan fingerprint density at radius 1 is 0.971 bits per heavy atom. The van der Waals surface area contributed by atoms with E-state index in [-0.39, 0.29) is 36.2 Å². The summed E-state index contributed by atoms with van der Waals surface area (Å²) >= 11 is 1.92. The Balaban J connectivity index is 1.76. The molecule has 0 radical (unpaired) electrons. The monoisotopic (exact) mass is 539 g/mol. The number of carbonyl (C=O) groups is 1. The molecule has 2 heterocycles. The smallest absolute Gasteiger partial charge is 0.337 e. The molecule has 0 aliphatic rings. The Morgan fingerprint density at radius 3 is 2.38 bits per heavy atom. The standard InChI is InChI=1S/C20H17N3O7S4/c1-23-17-8-6-13(11-14(17)20(25)32-23)33(26,27)21-15-7-5-12(19(24)30-2)10-16(15)22-34(28,29)18-4-3-9-31-18/h3-11,21-22H,1-2H3. The van der Waals surface area contributed by atoms with Crippen molar-refractivity contribution >= 4 is 71.2 Å². The zero-order valence-corrected chi connectivity index (χ0v) is 20.9. The summed E-state index contributed by atoms with van der Waals surface area (Å²) in [6.07, 6.45) is 0. The van der Waals surface area contributed by atoms with E-state index in [4.69, 9.17) is 0 Å². The lowest BCUT2D eigenvalue weighted by Gasteiger charge is -2.15. The van der Waals surface area contributed by atoms with E-state index in [1.807, 2.05) is 0 Å². The van der Waals surface area contributed by atoms with Crippen LogP contribution in [0.4, 0.5) is 11.4 Å². The van der Waals surface area contributed by atoms with Gasteiger partial charge >= 0.3 is 5.97 Å². The number of ether oxygens (including phenoxy) is 1. The number of hydrogen-bond donors (Lipinski definition) is 2. The Kier molecular flexibility index (Phi) is 6.24. The van der Waals surface area contributed by atoms with Crippen molar-refractivity contribution in [2.75, 3.05) is 16.6 Å². The topological polar surface area (TPSA) is 141 Å². The summed E-state index contributed by atoms with van der Waals surface area (Å²) in [6.45, 7) is 0. The van der Waals surface area contributed by atoms with Gasteiger partial charge in [0.05, 0.1) is 39.8 Å². The van der Waals surface area contributed by atoms with Gasteiger partial charge in [-0.25, -0.2) is 21.6 Å². The van der Waals surface area contributed by atoms with E-state index in [9.17, 15) is 26.4 Å². The van der Waals surface area contributed by atoms with Gasteiger partial charge in [0.1, 0.15) is 4.21 Å². The summed E-state index contributed by atoms with van der Waals surface area (Å²) in [6, 6.07) is 10.8. The minimum Gasteiger partial charge on any atom is -0.465 e. The lowest BCUT2D eigenvalue weighted by Crippen LogP contribution is -2.18. The summed E-state index contributed by atoms with van der Waals surface area (Å²) in [5.41, 5.74) is 0.303. The number of methoxy groups -OCH3 is 1. The van der Waals surface area contributed by atoms with Crippen LogP contribution in [0.3, 0.4) is 0 Å². The van der Waals surface area contributed by atoms with Gasteiger partial charge in [0, 0.05) is 7.05 Å². The van der Waals surface area contributed by atoms with E-state index in [1.165, 1.54) is 49.6 Å². The quantitative estimate of drug-likeness (QED) is 0.344. The van der Waals surface area contributed by atoms with Crippen LogP contribution in [0.15, 0.2) is 67.8 Å². The molecule has 0 saturated carbocycles.